The van der Waals surface area contributed by atoms with Crippen LogP contribution in [0.5, 0.6) is 0 Å². The number of anilines is 1. The number of fused-ring (bicyclic) bond motifs is 2. The molecular formula is C14H18N2O3. The number of carboxylic acids is 1. The smallest absolute Gasteiger partial charge is 0.335 e. The Balaban J connectivity index is 1.91. The van der Waals surface area contributed by atoms with Crippen LogP contribution < -0.4 is 4.90 Å². The number of carbonyl (C=O) groups is 1. The van der Waals surface area contributed by atoms with E-state index in [0.29, 0.717) is 5.56 Å². The van der Waals surface area contributed by atoms with Gasteiger partial charge in [0.05, 0.1) is 17.8 Å². The van der Waals surface area contributed by atoms with Crippen LogP contribution in [0.1, 0.15) is 35.8 Å². The molecule has 19 heavy (non-hydrogen) atoms. The van der Waals surface area contributed by atoms with E-state index in [1.807, 2.05) is 6.92 Å². The molecule has 1 aromatic heterocycles. The Morgan fingerprint density at radius 2 is 2.11 bits per heavy atom. The number of morpholine rings is 1. The Morgan fingerprint density at radius 3 is 2.68 bits per heavy atom. The molecule has 5 heteroatoms. The first kappa shape index (κ1) is 12.4. The van der Waals surface area contributed by atoms with Crippen LogP contribution in [0.2, 0.25) is 0 Å². The van der Waals surface area contributed by atoms with E-state index >= 15 is 0 Å². The minimum atomic E-state index is -0.894. The lowest BCUT2D eigenvalue weighted by Crippen LogP contribution is -2.43. The molecule has 2 aliphatic heterocycles. The van der Waals surface area contributed by atoms with Gasteiger partial charge in [-0.05, 0) is 31.4 Å². The van der Waals surface area contributed by atoms with Crippen LogP contribution >= 0.6 is 0 Å². The number of aromatic carboxylic acids is 1. The maximum absolute atomic E-state index is 11.2. The van der Waals surface area contributed by atoms with Crippen molar-refractivity contribution in [3.63, 3.8) is 0 Å². The molecule has 5 nitrogen and oxygen atoms in total. The third-order valence-corrected chi connectivity index (χ3v) is 3.84. The van der Waals surface area contributed by atoms with E-state index < -0.39 is 5.97 Å². The molecule has 2 bridgehead atoms. The molecule has 2 fully saturated rings. The Hall–Kier alpha value is -1.62. The van der Waals surface area contributed by atoms with Crippen molar-refractivity contribution in [2.75, 3.05) is 18.0 Å². The summed E-state index contributed by atoms with van der Waals surface area (Å²) in [5.74, 6) is -0.119. The van der Waals surface area contributed by atoms with Gasteiger partial charge in [0.2, 0.25) is 0 Å². The summed E-state index contributed by atoms with van der Waals surface area (Å²) in [6.45, 7) is 3.62. The van der Waals surface area contributed by atoms with Crippen molar-refractivity contribution in [2.45, 2.75) is 38.4 Å². The summed E-state index contributed by atoms with van der Waals surface area (Å²) in [6.07, 6.45) is 3.49. The van der Waals surface area contributed by atoms with Gasteiger partial charge in [0.1, 0.15) is 5.82 Å². The van der Waals surface area contributed by atoms with Crippen LogP contribution in [0.4, 0.5) is 5.82 Å². The zero-order valence-electron chi connectivity index (χ0n) is 11.0. The molecular weight excluding hydrogens is 244 g/mol. The summed E-state index contributed by atoms with van der Waals surface area (Å²) in [4.78, 5) is 17.9. The van der Waals surface area contributed by atoms with Gasteiger partial charge in [0.15, 0.2) is 0 Å². The summed E-state index contributed by atoms with van der Waals surface area (Å²) >= 11 is 0. The molecule has 0 spiro atoms. The fourth-order valence-electron chi connectivity index (χ4n) is 2.84. The molecule has 3 heterocycles. The van der Waals surface area contributed by atoms with E-state index in [9.17, 15) is 9.90 Å². The standard InChI is InChI=1S/C14H18N2O3/c1-2-10-5-9(14(17)18)6-13(15-10)16-7-11-3-4-12(8-16)19-11/h5-6,11-12H,2-4,7-8H2,1H3,(H,17,18). The molecule has 1 N–H and O–H groups in total. The predicted octanol–water partition coefficient (Wildman–Crippen LogP) is 1.71. The highest BCUT2D eigenvalue weighted by Gasteiger charge is 2.34. The lowest BCUT2D eigenvalue weighted by atomic mass is 10.2. The van der Waals surface area contributed by atoms with Crippen LogP contribution in [-0.2, 0) is 11.2 Å². The minimum absolute atomic E-state index is 0.277. The van der Waals surface area contributed by atoms with Gasteiger partial charge >= 0.3 is 5.97 Å². The SMILES string of the molecule is CCc1cc(C(=O)O)cc(N2CC3CCC(C2)O3)n1. The second kappa shape index (κ2) is 4.81. The van der Waals surface area contributed by atoms with E-state index in [0.717, 1.165) is 43.9 Å². The quantitative estimate of drug-likeness (QED) is 0.898. The third kappa shape index (κ3) is 2.42. The molecule has 2 atom stereocenters. The first-order valence-electron chi connectivity index (χ1n) is 6.80. The van der Waals surface area contributed by atoms with Crippen LogP contribution in [0.15, 0.2) is 12.1 Å². The summed E-state index contributed by atoms with van der Waals surface area (Å²) in [6, 6.07) is 3.33. The molecule has 102 valence electrons. The number of rotatable bonds is 3. The van der Waals surface area contributed by atoms with Crippen LogP contribution in [0, 0.1) is 0 Å². The number of hydrogen-bond acceptors (Lipinski definition) is 4. The topological polar surface area (TPSA) is 62.7 Å². The number of ether oxygens (including phenoxy) is 1. The van der Waals surface area contributed by atoms with Crippen molar-refractivity contribution in [1.29, 1.82) is 0 Å². The summed E-state index contributed by atoms with van der Waals surface area (Å²) in [7, 11) is 0. The van der Waals surface area contributed by atoms with Gasteiger partial charge in [-0.2, -0.15) is 0 Å². The van der Waals surface area contributed by atoms with E-state index in [1.165, 1.54) is 0 Å². The highest BCUT2D eigenvalue weighted by molar-refractivity contribution is 5.88. The van der Waals surface area contributed by atoms with Gasteiger partial charge in [-0.1, -0.05) is 6.92 Å². The van der Waals surface area contributed by atoms with E-state index in [-0.39, 0.29) is 12.2 Å². The fraction of sp³-hybridized carbons (Fsp3) is 0.571. The largest absolute Gasteiger partial charge is 0.478 e. The lowest BCUT2D eigenvalue weighted by Gasteiger charge is -2.33. The van der Waals surface area contributed by atoms with E-state index in [2.05, 4.69) is 9.88 Å². The molecule has 2 unspecified atom stereocenters. The highest BCUT2D eigenvalue weighted by Crippen LogP contribution is 2.29. The number of aryl methyl sites for hydroxylation is 1. The van der Waals surface area contributed by atoms with Crippen molar-refractivity contribution in [3.8, 4) is 0 Å². The number of pyridine rings is 1. The van der Waals surface area contributed by atoms with Gasteiger partial charge < -0.3 is 14.7 Å². The molecule has 0 aliphatic carbocycles. The first-order valence-corrected chi connectivity index (χ1v) is 6.80. The fourth-order valence-corrected chi connectivity index (χ4v) is 2.84. The van der Waals surface area contributed by atoms with E-state index in [1.54, 1.807) is 12.1 Å². The monoisotopic (exact) mass is 262 g/mol. The number of aromatic nitrogens is 1. The maximum atomic E-state index is 11.2. The van der Waals surface area contributed by atoms with Gasteiger partial charge in [-0.3, -0.25) is 0 Å². The number of hydrogen-bond donors (Lipinski definition) is 1. The molecule has 2 saturated heterocycles. The van der Waals surface area contributed by atoms with Crippen molar-refractivity contribution < 1.29 is 14.6 Å². The van der Waals surface area contributed by atoms with Gasteiger partial charge in [-0.15, -0.1) is 0 Å². The van der Waals surface area contributed by atoms with Crippen molar-refractivity contribution in [2.24, 2.45) is 0 Å². The van der Waals surface area contributed by atoms with E-state index in [4.69, 9.17) is 4.74 Å². The second-order valence-corrected chi connectivity index (χ2v) is 5.23. The van der Waals surface area contributed by atoms with Crippen LogP contribution in [-0.4, -0.2) is 41.4 Å². The third-order valence-electron chi connectivity index (χ3n) is 3.84. The average molecular weight is 262 g/mol. The maximum Gasteiger partial charge on any atom is 0.335 e. The van der Waals surface area contributed by atoms with Gasteiger partial charge in [-0.25, -0.2) is 9.78 Å². The summed E-state index contributed by atoms with van der Waals surface area (Å²) in [5.41, 5.74) is 1.15. The lowest BCUT2D eigenvalue weighted by molar-refractivity contribution is 0.0302. The Morgan fingerprint density at radius 1 is 1.42 bits per heavy atom. The summed E-state index contributed by atoms with van der Waals surface area (Å²) in [5, 5.41) is 9.17. The normalized spacial score (nSPS) is 25.6. The Labute approximate surface area is 112 Å². The zero-order chi connectivity index (χ0) is 13.4. The molecule has 3 rings (SSSR count). The molecule has 0 amide bonds. The van der Waals surface area contributed by atoms with Crippen LogP contribution in [0.25, 0.3) is 0 Å². The molecule has 0 saturated carbocycles. The average Bonchev–Trinajstić information content (AvgIpc) is 2.76. The van der Waals surface area contributed by atoms with Crippen molar-refractivity contribution >= 4 is 11.8 Å². The highest BCUT2D eigenvalue weighted by atomic mass is 16.5. The minimum Gasteiger partial charge on any atom is -0.478 e. The zero-order valence-corrected chi connectivity index (χ0v) is 11.0. The van der Waals surface area contributed by atoms with Crippen molar-refractivity contribution in [3.05, 3.63) is 23.4 Å². The number of carboxylic acid groups (broad SMARTS) is 1. The second-order valence-electron chi connectivity index (χ2n) is 5.23. The summed E-state index contributed by atoms with van der Waals surface area (Å²) < 4.78 is 5.80. The van der Waals surface area contributed by atoms with Crippen LogP contribution in [0.3, 0.4) is 0 Å². The Kier molecular flexibility index (Phi) is 3.14. The first-order chi connectivity index (χ1) is 9.15. The van der Waals surface area contributed by atoms with Crippen molar-refractivity contribution in [1.82, 2.24) is 4.98 Å². The Bertz CT molecular complexity index is 491. The molecule has 0 aromatic carbocycles. The molecule has 1 aromatic rings. The molecule has 2 aliphatic rings. The van der Waals surface area contributed by atoms with Gasteiger partial charge in [0.25, 0.3) is 0 Å². The molecule has 0 radical (unpaired) electrons. The number of nitrogens with zero attached hydrogens (tertiary/aromatic N) is 2. The predicted molar refractivity (Wildman–Crippen MR) is 70.7 cm³/mol. The van der Waals surface area contributed by atoms with Gasteiger partial charge in [0, 0.05) is 18.8 Å².